The van der Waals surface area contributed by atoms with Gasteiger partial charge in [-0.05, 0) is 31.7 Å². The molecule has 1 unspecified atom stereocenters. The second-order valence-electron chi connectivity index (χ2n) is 5.41. The van der Waals surface area contributed by atoms with Gasteiger partial charge in [0.1, 0.15) is 0 Å². The van der Waals surface area contributed by atoms with E-state index in [2.05, 4.69) is 32.2 Å². The van der Waals surface area contributed by atoms with Crippen LogP contribution in [0.1, 0.15) is 39.2 Å². The minimum Gasteiger partial charge on any atom is -0.493 e. The second-order valence-corrected chi connectivity index (χ2v) is 5.41. The molecule has 0 radical (unpaired) electrons. The summed E-state index contributed by atoms with van der Waals surface area (Å²) >= 11 is 0. The summed E-state index contributed by atoms with van der Waals surface area (Å²) in [6.45, 7) is 7.56. The Bertz CT molecular complexity index is 377. The number of hydrogen-bond donors (Lipinski definition) is 1. The lowest BCUT2D eigenvalue weighted by atomic mass is 10.0. The SMILES string of the molecule is COc1cccc(CNC(C)CCC(C)C)c1OC. The van der Waals surface area contributed by atoms with Crippen molar-refractivity contribution in [3.63, 3.8) is 0 Å². The molecule has 0 aliphatic carbocycles. The van der Waals surface area contributed by atoms with Gasteiger partial charge in [-0.2, -0.15) is 0 Å². The van der Waals surface area contributed by atoms with Crippen LogP contribution in [0.15, 0.2) is 18.2 Å². The minimum absolute atomic E-state index is 0.512. The number of methoxy groups -OCH3 is 2. The minimum atomic E-state index is 0.512. The van der Waals surface area contributed by atoms with Crippen molar-refractivity contribution in [1.82, 2.24) is 5.32 Å². The highest BCUT2D eigenvalue weighted by atomic mass is 16.5. The Morgan fingerprint density at radius 3 is 2.37 bits per heavy atom. The van der Waals surface area contributed by atoms with E-state index in [0.717, 1.165) is 29.5 Å². The molecule has 1 aromatic rings. The van der Waals surface area contributed by atoms with E-state index in [1.807, 2.05) is 12.1 Å². The van der Waals surface area contributed by atoms with E-state index in [9.17, 15) is 0 Å². The lowest BCUT2D eigenvalue weighted by Gasteiger charge is -2.17. The molecule has 0 aromatic heterocycles. The highest BCUT2D eigenvalue weighted by Gasteiger charge is 2.10. The summed E-state index contributed by atoms with van der Waals surface area (Å²) in [4.78, 5) is 0. The maximum Gasteiger partial charge on any atom is 0.165 e. The number of rotatable bonds is 8. The number of nitrogens with one attached hydrogen (secondary N) is 1. The van der Waals surface area contributed by atoms with Gasteiger partial charge in [-0.15, -0.1) is 0 Å². The smallest absolute Gasteiger partial charge is 0.165 e. The molecule has 0 saturated heterocycles. The van der Waals surface area contributed by atoms with E-state index in [1.54, 1.807) is 14.2 Å². The molecular formula is C16H27NO2. The van der Waals surface area contributed by atoms with Crippen LogP contribution in [0.5, 0.6) is 11.5 Å². The normalized spacial score (nSPS) is 12.5. The quantitative estimate of drug-likeness (QED) is 0.778. The molecule has 0 saturated carbocycles. The maximum atomic E-state index is 5.43. The van der Waals surface area contributed by atoms with Gasteiger partial charge >= 0.3 is 0 Å². The Balaban J connectivity index is 2.57. The first-order chi connectivity index (χ1) is 9.08. The Morgan fingerprint density at radius 2 is 1.79 bits per heavy atom. The van der Waals surface area contributed by atoms with Gasteiger partial charge in [0, 0.05) is 18.2 Å². The van der Waals surface area contributed by atoms with Gasteiger partial charge in [-0.1, -0.05) is 26.0 Å². The first-order valence-electron chi connectivity index (χ1n) is 7.01. The zero-order chi connectivity index (χ0) is 14.3. The molecule has 0 amide bonds. The maximum absolute atomic E-state index is 5.43. The zero-order valence-electron chi connectivity index (χ0n) is 12.8. The van der Waals surface area contributed by atoms with Crippen LogP contribution in [0.4, 0.5) is 0 Å². The van der Waals surface area contributed by atoms with E-state index in [0.29, 0.717) is 6.04 Å². The van der Waals surface area contributed by atoms with Gasteiger partial charge in [0.15, 0.2) is 11.5 Å². The fraction of sp³-hybridized carbons (Fsp3) is 0.625. The van der Waals surface area contributed by atoms with E-state index >= 15 is 0 Å². The molecule has 0 heterocycles. The third kappa shape index (κ3) is 5.11. The molecule has 1 rings (SSSR count). The molecule has 0 aliphatic heterocycles. The standard InChI is InChI=1S/C16H27NO2/c1-12(2)9-10-13(3)17-11-14-7-6-8-15(18-4)16(14)19-5/h6-8,12-13,17H,9-11H2,1-5H3. The second kappa shape index (κ2) is 8.05. The molecule has 1 aromatic carbocycles. The Hall–Kier alpha value is -1.22. The van der Waals surface area contributed by atoms with Gasteiger partial charge < -0.3 is 14.8 Å². The number of hydrogen-bond acceptors (Lipinski definition) is 3. The van der Waals surface area contributed by atoms with E-state index in [4.69, 9.17) is 9.47 Å². The average molecular weight is 265 g/mol. The van der Waals surface area contributed by atoms with Crippen molar-refractivity contribution in [2.45, 2.75) is 46.2 Å². The third-order valence-corrected chi connectivity index (χ3v) is 3.30. The highest BCUT2D eigenvalue weighted by molar-refractivity contribution is 5.46. The van der Waals surface area contributed by atoms with E-state index in [-0.39, 0.29) is 0 Å². The summed E-state index contributed by atoms with van der Waals surface area (Å²) in [5.74, 6) is 2.38. The molecular weight excluding hydrogens is 238 g/mol. The fourth-order valence-electron chi connectivity index (χ4n) is 2.06. The zero-order valence-corrected chi connectivity index (χ0v) is 12.8. The van der Waals surface area contributed by atoms with Gasteiger partial charge in [0.25, 0.3) is 0 Å². The van der Waals surface area contributed by atoms with Gasteiger partial charge in [-0.3, -0.25) is 0 Å². The molecule has 1 atom stereocenters. The van der Waals surface area contributed by atoms with Crippen LogP contribution in [-0.4, -0.2) is 20.3 Å². The van der Waals surface area contributed by atoms with Crippen molar-refractivity contribution in [3.05, 3.63) is 23.8 Å². The van der Waals surface area contributed by atoms with Crippen LogP contribution in [0, 0.1) is 5.92 Å². The summed E-state index contributed by atoms with van der Waals surface area (Å²) in [5, 5.41) is 3.54. The third-order valence-electron chi connectivity index (χ3n) is 3.30. The number of para-hydroxylation sites is 1. The van der Waals surface area contributed by atoms with Crippen molar-refractivity contribution in [2.24, 2.45) is 5.92 Å². The summed E-state index contributed by atoms with van der Waals surface area (Å²) in [5.41, 5.74) is 1.14. The molecule has 0 aliphatic rings. The molecule has 19 heavy (non-hydrogen) atoms. The number of benzene rings is 1. The molecule has 1 N–H and O–H groups in total. The van der Waals surface area contributed by atoms with Gasteiger partial charge in [0.2, 0.25) is 0 Å². The van der Waals surface area contributed by atoms with Crippen molar-refractivity contribution in [2.75, 3.05) is 14.2 Å². The first-order valence-corrected chi connectivity index (χ1v) is 7.01. The molecule has 0 fully saturated rings. The van der Waals surface area contributed by atoms with Gasteiger partial charge in [0.05, 0.1) is 14.2 Å². The summed E-state index contributed by atoms with van der Waals surface area (Å²) in [7, 11) is 3.35. The molecule has 108 valence electrons. The van der Waals surface area contributed by atoms with Crippen LogP contribution >= 0.6 is 0 Å². The summed E-state index contributed by atoms with van der Waals surface area (Å²) in [6, 6.07) is 6.50. The monoisotopic (exact) mass is 265 g/mol. The molecule has 3 heteroatoms. The van der Waals surface area contributed by atoms with Crippen LogP contribution in [0.2, 0.25) is 0 Å². The van der Waals surface area contributed by atoms with Crippen LogP contribution in [0.3, 0.4) is 0 Å². The fourth-order valence-corrected chi connectivity index (χ4v) is 2.06. The molecule has 0 spiro atoms. The summed E-state index contributed by atoms with van der Waals surface area (Å²) < 4.78 is 10.7. The first kappa shape index (κ1) is 15.8. The highest BCUT2D eigenvalue weighted by Crippen LogP contribution is 2.30. The van der Waals surface area contributed by atoms with Crippen LogP contribution in [-0.2, 0) is 6.54 Å². The predicted molar refractivity (Wildman–Crippen MR) is 79.9 cm³/mol. The largest absolute Gasteiger partial charge is 0.493 e. The molecule has 0 bridgehead atoms. The van der Waals surface area contributed by atoms with Crippen molar-refractivity contribution in [1.29, 1.82) is 0 Å². The topological polar surface area (TPSA) is 30.5 Å². The van der Waals surface area contributed by atoms with Crippen molar-refractivity contribution in [3.8, 4) is 11.5 Å². The van der Waals surface area contributed by atoms with Gasteiger partial charge in [-0.25, -0.2) is 0 Å². The van der Waals surface area contributed by atoms with E-state index in [1.165, 1.54) is 12.8 Å². The molecule has 3 nitrogen and oxygen atoms in total. The van der Waals surface area contributed by atoms with Crippen LogP contribution < -0.4 is 14.8 Å². The Labute approximate surface area is 117 Å². The van der Waals surface area contributed by atoms with E-state index < -0.39 is 0 Å². The lowest BCUT2D eigenvalue weighted by Crippen LogP contribution is -2.26. The summed E-state index contributed by atoms with van der Waals surface area (Å²) in [6.07, 6.45) is 2.45. The predicted octanol–water partition coefficient (Wildman–Crippen LogP) is 3.62. The Morgan fingerprint density at radius 1 is 1.05 bits per heavy atom. The Kier molecular flexibility index (Phi) is 6.71. The van der Waals surface area contributed by atoms with Crippen molar-refractivity contribution >= 4 is 0 Å². The average Bonchev–Trinajstić information content (AvgIpc) is 2.42. The number of ether oxygens (including phenoxy) is 2. The lowest BCUT2D eigenvalue weighted by molar-refractivity contribution is 0.349. The van der Waals surface area contributed by atoms with Crippen LogP contribution in [0.25, 0.3) is 0 Å². The van der Waals surface area contributed by atoms with Crippen molar-refractivity contribution < 1.29 is 9.47 Å².